The minimum atomic E-state index is -0.194. The van der Waals surface area contributed by atoms with Crippen molar-refractivity contribution in [3.63, 3.8) is 0 Å². The average Bonchev–Trinajstić information content (AvgIpc) is 2.83. The maximum Gasteiger partial charge on any atom is 0.201 e. The average molecular weight is 390 g/mol. The van der Waals surface area contributed by atoms with Crippen molar-refractivity contribution in [2.75, 3.05) is 14.2 Å². The van der Waals surface area contributed by atoms with E-state index in [2.05, 4.69) is 31.9 Å². The van der Waals surface area contributed by atoms with Gasteiger partial charge in [0.25, 0.3) is 0 Å². The van der Waals surface area contributed by atoms with Gasteiger partial charge in [0, 0.05) is 0 Å². The Kier molecular flexibility index (Phi) is 4.31. The molecule has 0 aliphatic carbocycles. The number of ketones is 1. The molecule has 0 saturated carbocycles. The number of benzene rings is 1. The summed E-state index contributed by atoms with van der Waals surface area (Å²) in [6, 6.07) is 4.96. The van der Waals surface area contributed by atoms with Crippen LogP contribution in [-0.4, -0.2) is 20.0 Å². The lowest BCUT2D eigenvalue weighted by atomic mass is 10.0. The molecule has 1 aromatic heterocycles. The van der Waals surface area contributed by atoms with Crippen LogP contribution < -0.4 is 9.47 Å². The summed E-state index contributed by atoms with van der Waals surface area (Å²) in [5.41, 5.74) is 0.868. The van der Waals surface area contributed by atoms with Crippen molar-refractivity contribution in [3.8, 4) is 11.5 Å². The van der Waals surface area contributed by atoms with Crippen molar-refractivity contribution in [3.05, 3.63) is 44.7 Å². The van der Waals surface area contributed by atoms with Gasteiger partial charge in [0.2, 0.25) is 5.78 Å². The minimum absolute atomic E-state index is 0.194. The van der Waals surface area contributed by atoms with Crippen LogP contribution in [0.4, 0.5) is 0 Å². The molecule has 0 bridgehead atoms. The van der Waals surface area contributed by atoms with Crippen LogP contribution in [0.15, 0.2) is 38.0 Å². The SMILES string of the molecule is COc1ccc(C(=O)c2ccoc2Br)c(OC)c1Br. The Morgan fingerprint density at radius 3 is 2.37 bits per heavy atom. The molecule has 0 aliphatic heterocycles. The van der Waals surface area contributed by atoms with Crippen molar-refractivity contribution in [1.29, 1.82) is 0 Å². The minimum Gasteiger partial charge on any atom is -0.495 e. The van der Waals surface area contributed by atoms with Gasteiger partial charge in [-0.3, -0.25) is 4.79 Å². The van der Waals surface area contributed by atoms with Crippen LogP contribution >= 0.6 is 31.9 Å². The van der Waals surface area contributed by atoms with Crippen LogP contribution in [0.25, 0.3) is 0 Å². The monoisotopic (exact) mass is 388 g/mol. The summed E-state index contributed by atoms with van der Waals surface area (Å²) in [6.07, 6.45) is 1.45. The highest BCUT2D eigenvalue weighted by molar-refractivity contribution is 9.10. The lowest BCUT2D eigenvalue weighted by Crippen LogP contribution is -2.04. The number of carbonyl (C=O) groups excluding carboxylic acids is 1. The molecule has 19 heavy (non-hydrogen) atoms. The fourth-order valence-electron chi connectivity index (χ4n) is 1.67. The van der Waals surface area contributed by atoms with E-state index in [1.165, 1.54) is 13.4 Å². The van der Waals surface area contributed by atoms with Crippen LogP contribution in [0, 0.1) is 0 Å². The number of carbonyl (C=O) groups is 1. The molecule has 0 amide bonds. The van der Waals surface area contributed by atoms with E-state index >= 15 is 0 Å². The number of halogens is 2. The third-order valence-electron chi connectivity index (χ3n) is 2.59. The van der Waals surface area contributed by atoms with E-state index < -0.39 is 0 Å². The van der Waals surface area contributed by atoms with Crippen LogP contribution in [0.5, 0.6) is 11.5 Å². The molecule has 0 aliphatic rings. The van der Waals surface area contributed by atoms with Crippen molar-refractivity contribution < 1.29 is 18.7 Å². The van der Waals surface area contributed by atoms with Gasteiger partial charge in [-0.15, -0.1) is 0 Å². The molecule has 2 rings (SSSR count). The molecular formula is C13H10Br2O4. The van der Waals surface area contributed by atoms with Gasteiger partial charge in [-0.2, -0.15) is 0 Å². The zero-order valence-electron chi connectivity index (χ0n) is 10.2. The highest BCUT2D eigenvalue weighted by atomic mass is 79.9. The second-order valence-electron chi connectivity index (χ2n) is 3.60. The smallest absolute Gasteiger partial charge is 0.201 e. The molecule has 0 radical (unpaired) electrons. The quantitative estimate of drug-likeness (QED) is 0.740. The zero-order valence-corrected chi connectivity index (χ0v) is 13.4. The second-order valence-corrected chi connectivity index (χ2v) is 5.11. The fraction of sp³-hybridized carbons (Fsp3) is 0.154. The lowest BCUT2D eigenvalue weighted by molar-refractivity contribution is 0.103. The van der Waals surface area contributed by atoms with Gasteiger partial charge in [-0.25, -0.2) is 0 Å². The number of ether oxygens (including phenoxy) is 2. The maximum atomic E-state index is 12.4. The van der Waals surface area contributed by atoms with E-state index in [0.717, 1.165) is 0 Å². The van der Waals surface area contributed by atoms with Crippen LogP contribution in [0.1, 0.15) is 15.9 Å². The summed E-state index contributed by atoms with van der Waals surface area (Å²) < 4.78 is 16.5. The first kappa shape index (κ1) is 14.1. The van der Waals surface area contributed by atoms with Gasteiger partial charge in [0.15, 0.2) is 4.67 Å². The molecule has 6 heteroatoms. The predicted molar refractivity (Wildman–Crippen MR) is 77.1 cm³/mol. The molecular weight excluding hydrogens is 380 g/mol. The Bertz CT molecular complexity index is 619. The van der Waals surface area contributed by atoms with Gasteiger partial charge in [0.1, 0.15) is 16.0 Å². The molecule has 0 spiro atoms. The van der Waals surface area contributed by atoms with E-state index in [1.54, 1.807) is 25.3 Å². The van der Waals surface area contributed by atoms with Gasteiger partial charge < -0.3 is 13.9 Å². The number of hydrogen-bond donors (Lipinski definition) is 0. The molecule has 0 atom stereocenters. The molecule has 0 N–H and O–H groups in total. The van der Waals surface area contributed by atoms with Crippen LogP contribution in [0.3, 0.4) is 0 Å². The molecule has 0 unspecified atom stereocenters. The number of furan rings is 1. The van der Waals surface area contributed by atoms with Gasteiger partial charge in [-0.05, 0) is 50.1 Å². The second kappa shape index (κ2) is 5.79. The van der Waals surface area contributed by atoms with Gasteiger partial charge in [0.05, 0.1) is 31.6 Å². The van der Waals surface area contributed by atoms with Crippen molar-refractivity contribution >= 4 is 37.6 Å². The zero-order chi connectivity index (χ0) is 14.0. The summed E-state index contributed by atoms with van der Waals surface area (Å²) in [5, 5.41) is 0. The number of hydrogen-bond acceptors (Lipinski definition) is 4. The lowest BCUT2D eigenvalue weighted by Gasteiger charge is -2.12. The Balaban J connectivity index is 2.54. The largest absolute Gasteiger partial charge is 0.495 e. The summed E-state index contributed by atoms with van der Waals surface area (Å²) in [7, 11) is 3.05. The Labute approximate surface area is 127 Å². The van der Waals surface area contributed by atoms with Gasteiger partial charge in [-0.1, -0.05) is 0 Å². The van der Waals surface area contributed by atoms with Crippen LogP contribution in [-0.2, 0) is 0 Å². The van der Waals surface area contributed by atoms with E-state index in [9.17, 15) is 4.79 Å². The number of methoxy groups -OCH3 is 2. The summed E-state index contributed by atoms with van der Waals surface area (Å²) in [4.78, 5) is 12.4. The molecule has 1 heterocycles. The van der Waals surface area contributed by atoms with Crippen molar-refractivity contribution in [2.45, 2.75) is 0 Å². The molecule has 1 aromatic carbocycles. The Hall–Kier alpha value is -1.27. The van der Waals surface area contributed by atoms with E-state index in [-0.39, 0.29) is 5.78 Å². The van der Waals surface area contributed by atoms with E-state index in [0.29, 0.717) is 31.8 Å². The Morgan fingerprint density at radius 2 is 1.84 bits per heavy atom. The molecule has 4 nitrogen and oxygen atoms in total. The standard InChI is InChI=1S/C13H10Br2O4/c1-17-9-4-3-7(12(18-2)10(9)14)11(16)8-5-6-19-13(8)15/h3-6H,1-2H3. The molecule has 2 aromatic rings. The summed E-state index contributed by atoms with van der Waals surface area (Å²) >= 11 is 6.56. The fourth-order valence-corrected chi connectivity index (χ4v) is 2.76. The Morgan fingerprint density at radius 1 is 1.11 bits per heavy atom. The van der Waals surface area contributed by atoms with E-state index in [4.69, 9.17) is 13.9 Å². The first-order chi connectivity index (χ1) is 9.10. The summed E-state index contributed by atoms with van der Waals surface area (Å²) in [5.74, 6) is 0.831. The first-order valence-corrected chi connectivity index (χ1v) is 6.87. The topological polar surface area (TPSA) is 48.7 Å². The normalized spacial score (nSPS) is 10.3. The van der Waals surface area contributed by atoms with Crippen LogP contribution in [0.2, 0.25) is 0 Å². The van der Waals surface area contributed by atoms with E-state index in [1.807, 2.05) is 0 Å². The molecule has 100 valence electrons. The number of rotatable bonds is 4. The van der Waals surface area contributed by atoms with Crippen molar-refractivity contribution in [2.24, 2.45) is 0 Å². The predicted octanol–water partition coefficient (Wildman–Crippen LogP) is 4.05. The third kappa shape index (κ3) is 2.55. The highest BCUT2D eigenvalue weighted by Gasteiger charge is 2.22. The maximum absolute atomic E-state index is 12.4. The third-order valence-corrected chi connectivity index (χ3v) is 3.96. The first-order valence-electron chi connectivity index (χ1n) is 5.28. The van der Waals surface area contributed by atoms with Crippen molar-refractivity contribution in [1.82, 2.24) is 0 Å². The molecule has 0 fully saturated rings. The molecule has 0 saturated heterocycles. The summed E-state index contributed by atoms with van der Waals surface area (Å²) in [6.45, 7) is 0. The van der Waals surface area contributed by atoms with Gasteiger partial charge >= 0.3 is 0 Å². The highest BCUT2D eigenvalue weighted by Crippen LogP contribution is 2.38.